The Morgan fingerprint density at radius 2 is 1.57 bits per heavy atom. The Morgan fingerprint density at radius 3 is 2.28 bits per heavy atom. The molecule has 3 heterocycles. The van der Waals surface area contributed by atoms with E-state index in [-0.39, 0.29) is 34.6 Å². The quantitative estimate of drug-likeness (QED) is 0.201. The number of rotatable bonds is 6. The van der Waals surface area contributed by atoms with E-state index in [2.05, 4.69) is 26.1 Å². The molecule has 0 radical (unpaired) electrons. The number of thiazole rings is 1. The number of ether oxygens (including phenoxy) is 1. The van der Waals surface area contributed by atoms with Crippen molar-refractivity contribution < 1.29 is 19.1 Å². The monoisotopic (exact) mass is 663 g/mol. The number of carbonyl (C=O) groups is 3. The lowest BCUT2D eigenvalue weighted by Gasteiger charge is -2.31. The minimum Gasteiger partial charge on any atom is -0.497 e. The van der Waals surface area contributed by atoms with Crippen LogP contribution in [-0.4, -0.2) is 34.6 Å². The summed E-state index contributed by atoms with van der Waals surface area (Å²) in [4.78, 5) is 57.0. The molecule has 7 rings (SSSR count). The third-order valence-corrected chi connectivity index (χ3v) is 11.5. The summed E-state index contributed by atoms with van der Waals surface area (Å²) in [5, 5.41) is 4.64. The zero-order valence-corrected chi connectivity index (χ0v) is 28.0. The first kappa shape index (κ1) is 31.0. The lowest BCUT2D eigenvalue weighted by atomic mass is 9.81. The van der Waals surface area contributed by atoms with Crippen LogP contribution in [0.3, 0.4) is 0 Å². The summed E-state index contributed by atoms with van der Waals surface area (Å²) in [5.41, 5.74) is 3.02. The van der Waals surface area contributed by atoms with Crippen LogP contribution in [0.15, 0.2) is 101 Å². The molecule has 0 saturated carbocycles. The Kier molecular flexibility index (Phi) is 7.80. The molecule has 0 aliphatic carbocycles. The normalized spacial score (nSPS) is 19.1. The predicted molar refractivity (Wildman–Crippen MR) is 187 cm³/mol. The second kappa shape index (κ2) is 11.8. The molecule has 0 bridgehead atoms. The van der Waals surface area contributed by atoms with Crippen LogP contribution >= 0.6 is 23.1 Å². The van der Waals surface area contributed by atoms with E-state index in [0.717, 1.165) is 33.2 Å². The summed E-state index contributed by atoms with van der Waals surface area (Å²) in [5.74, 6) is -1.66. The average Bonchev–Trinajstić information content (AvgIpc) is 3.50. The standard InChI is InChI=1S/C37H33N3O5S2/c1-37(2,3)23-14-12-22(13-15-23)29-30-31(34(43)40(33(30)42)24-16-18-25(45-4)19-17-24)46-35-32(29)47-36(44)39(35)20-28(41)38-27-11-7-9-21-8-5-6-10-26(21)27/h5-19,29-31H,20H2,1-4H3,(H,38,41). The van der Waals surface area contributed by atoms with E-state index >= 15 is 0 Å². The first-order valence-corrected chi connectivity index (χ1v) is 17.0. The highest BCUT2D eigenvalue weighted by Crippen LogP contribution is 2.54. The van der Waals surface area contributed by atoms with Gasteiger partial charge >= 0.3 is 4.87 Å². The molecule has 1 fully saturated rings. The third-order valence-electron chi connectivity index (χ3n) is 8.88. The number of hydrogen-bond donors (Lipinski definition) is 1. The molecule has 1 saturated heterocycles. The number of benzene rings is 4. The van der Waals surface area contributed by atoms with Gasteiger partial charge in [0.25, 0.3) is 0 Å². The molecule has 238 valence electrons. The molecule has 1 aromatic heterocycles. The van der Waals surface area contributed by atoms with E-state index in [1.807, 2.05) is 66.7 Å². The fraction of sp³-hybridized carbons (Fsp3) is 0.243. The van der Waals surface area contributed by atoms with E-state index in [1.165, 1.54) is 21.2 Å². The van der Waals surface area contributed by atoms with E-state index in [4.69, 9.17) is 4.74 Å². The number of nitrogens with one attached hydrogen (secondary N) is 1. The van der Waals surface area contributed by atoms with Gasteiger partial charge in [0, 0.05) is 21.9 Å². The number of imide groups is 1. The molecule has 3 amide bonds. The van der Waals surface area contributed by atoms with E-state index < -0.39 is 17.1 Å². The van der Waals surface area contributed by atoms with Gasteiger partial charge in [-0.1, -0.05) is 105 Å². The van der Waals surface area contributed by atoms with Gasteiger partial charge in [0.15, 0.2) is 0 Å². The Labute approximate surface area is 280 Å². The number of hydrogen-bond acceptors (Lipinski definition) is 7. The van der Waals surface area contributed by atoms with E-state index in [1.54, 1.807) is 31.4 Å². The molecule has 3 unspecified atom stereocenters. The number of nitrogens with zero attached hydrogens (tertiary/aromatic N) is 2. The summed E-state index contributed by atoms with van der Waals surface area (Å²) in [6.45, 7) is 6.18. The van der Waals surface area contributed by atoms with Crippen molar-refractivity contribution in [3.63, 3.8) is 0 Å². The van der Waals surface area contributed by atoms with Crippen molar-refractivity contribution in [3.8, 4) is 5.75 Å². The maximum absolute atomic E-state index is 14.2. The second-order valence-corrected chi connectivity index (χ2v) is 14.9. The number of methoxy groups -OCH3 is 1. The second-order valence-electron chi connectivity index (χ2n) is 12.8. The Hall–Kier alpha value is -4.67. The number of aromatic nitrogens is 1. The highest BCUT2D eigenvalue weighted by Gasteiger charge is 2.56. The summed E-state index contributed by atoms with van der Waals surface area (Å²) >= 11 is 2.25. The summed E-state index contributed by atoms with van der Waals surface area (Å²) in [6, 6.07) is 28.4. The van der Waals surface area contributed by atoms with Crippen LogP contribution in [0.25, 0.3) is 10.8 Å². The number of amides is 3. The Morgan fingerprint density at radius 1 is 0.872 bits per heavy atom. The molecule has 0 spiro atoms. The van der Waals surface area contributed by atoms with Crippen LogP contribution in [0, 0.1) is 5.92 Å². The fourth-order valence-electron chi connectivity index (χ4n) is 6.46. The first-order chi connectivity index (χ1) is 22.5. The maximum atomic E-state index is 14.2. The molecule has 47 heavy (non-hydrogen) atoms. The fourth-order valence-corrected chi connectivity index (χ4v) is 9.23. The van der Waals surface area contributed by atoms with Gasteiger partial charge < -0.3 is 10.1 Å². The van der Waals surface area contributed by atoms with Gasteiger partial charge in [-0.2, -0.15) is 0 Å². The summed E-state index contributed by atoms with van der Waals surface area (Å²) in [6.07, 6.45) is 0. The van der Waals surface area contributed by atoms with Crippen molar-refractivity contribution in [2.45, 2.75) is 48.9 Å². The van der Waals surface area contributed by atoms with Crippen molar-refractivity contribution in [3.05, 3.63) is 117 Å². The van der Waals surface area contributed by atoms with Crippen molar-refractivity contribution in [2.75, 3.05) is 17.3 Å². The topological polar surface area (TPSA) is 97.7 Å². The van der Waals surface area contributed by atoms with Gasteiger partial charge in [-0.25, -0.2) is 4.90 Å². The third kappa shape index (κ3) is 5.45. The van der Waals surface area contributed by atoms with Crippen molar-refractivity contribution in [1.82, 2.24) is 4.57 Å². The molecule has 4 aromatic carbocycles. The number of anilines is 2. The molecular formula is C37H33N3O5S2. The molecule has 3 atom stereocenters. The van der Waals surface area contributed by atoms with Crippen LogP contribution in [0.2, 0.25) is 0 Å². The predicted octanol–water partition coefficient (Wildman–Crippen LogP) is 6.80. The minimum atomic E-state index is -0.772. The van der Waals surface area contributed by atoms with Gasteiger partial charge in [-0.15, -0.1) is 0 Å². The van der Waals surface area contributed by atoms with Gasteiger partial charge in [-0.3, -0.25) is 23.7 Å². The molecule has 8 nitrogen and oxygen atoms in total. The molecule has 1 N–H and O–H groups in total. The SMILES string of the molecule is COc1ccc(N2C(=O)C3Sc4c(sc(=O)n4CC(=O)Nc4cccc5ccccc45)C(c4ccc(C(C)(C)C)cc4)C3C2=O)cc1. The Bertz CT molecular complexity index is 2090. The molecule has 2 aliphatic heterocycles. The van der Waals surface area contributed by atoms with Crippen LogP contribution in [0.4, 0.5) is 11.4 Å². The van der Waals surface area contributed by atoms with Gasteiger partial charge in [0.1, 0.15) is 17.5 Å². The van der Waals surface area contributed by atoms with Crippen molar-refractivity contribution in [2.24, 2.45) is 5.92 Å². The summed E-state index contributed by atoms with van der Waals surface area (Å²) < 4.78 is 6.73. The lowest BCUT2D eigenvalue weighted by molar-refractivity contribution is -0.122. The Balaban J connectivity index is 1.28. The maximum Gasteiger partial charge on any atom is 0.308 e. The number of thioether (sulfide) groups is 1. The van der Waals surface area contributed by atoms with Crippen molar-refractivity contribution >= 4 is 63.0 Å². The highest BCUT2D eigenvalue weighted by atomic mass is 32.2. The average molecular weight is 664 g/mol. The largest absolute Gasteiger partial charge is 0.497 e. The minimum absolute atomic E-state index is 0.0788. The van der Waals surface area contributed by atoms with Crippen molar-refractivity contribution in [1.29, 1.82) is 0 Å². The van der Waals surface area contributed by atoms with Crippen LogP contribution in [0.5, 0.6) is 5.75 Å². The lowest BCUT2D eigenvalue weighted by Crippen LogP contribution is -2.33. The molecule has 5 aromatic rings. The van der Waals surface area contributed by atoms with Crippen LogP contribution in [0.1, 0.15) is 42.7 Å². The highest BCUT2D eigenvalue weighted by molar-refractivity contribution is 8.00. The van der Waals surface area contributed by atoms with Gasteiger partial charge in [0.2, 0.25) is 17.7 Å². The number of fused-ring (bicyclic) bond motifs is 3. The zero-order valence-electron chi connectivity index (χ0n) is 26.4. The molecular weight excluding hydrogens is 631 g/mol. The molecule has 10 heteroatoms. The smallest absolute Gasteiger partial charge is 0.308 e. The molecule has 2 aliphatic rings. The number of carbonyl (C=O) groups excluding carboxylic acids is 3. The zero-order chi connectivity index (χ0) is 33.0. The van der Waals surface area contributed by atoms with Crippen LogP contribution < -0.4 is 19.8 Å². The van der Waals surface area contributed by atoms with Gasteiger partial charge in [0.05, 0.1) is 23.7 Å². The van der Waals surface area contributed by atoms with E-state index in [9.17, 15) is 19.2 Å². The van der Waals surface area contributed by atoms with E-state index in [0.29, 0.717) is 27.0 Å². The summed E-state index contributed by atoms with van der Waals surface area (Å²) in [7, 11) is 1.56. The van der Waals surface area contributed by atoms with Gasteiger partial charge in [-0.05, 0) is 52.3 Å². The first-order valence-electron chi connectivity index (χ1n) is 15.4. The van der Waals surface area contributed by atoms with Crippen LogP contribution in [-0.2, 0) is 26.3 Å².